The fraction of sp³-hybridized carbons (Fsp3) is 0.588. The molecular formula is C17H23N5OS2. The Hall–Kier alpha value is -1.54. The molecule has 0 spiro atoms. The van der Waals surface area contributed by atoms with Gasteiger partial charge in [0.05, 0.1) is 12.3 Å². The summed E-state index contributed by atoms with van der Waals surface area (Å²) >= 11 is 3.20. The molecule has 0 atom stereocenters. The first kappa shape index (κ1) is 16.9. The topological polar surface area (TPSA) is 54.3 Å². The highest BCUT2D eigenvalue weighted by Gasteiger charge is 2.32. The Balaban J connectivity index is 1.39. The maximum Gasteiger partial charge on any atom is 0.233 e. The van der Waals surface area contributed by atoms with Crippen molar-refractivity contribution in [3.05, 3.63) is 22.4 Å². The predicted octanol–water partition coefficient (Wildman–Crippen LogP) is 3.03. The van der Waals surface area contributed by atoms with Crippen LogP contribution in [-0.2, 0) is 11.3 Å². The molecule has 0 aromatic carbocycles. The van der Waals surface area contributed by atoms with Crippen LogP contribution in [0.4, 0.5) is 5.95 Å². The standard InChI is InChI=1S/C17H23N5OS2/c1-20(11-14-5-4-10-24-14)15(23)12-25-17-19-18-16(21-8-2-3-9-21)22(17)13-6-7-13/h4-5,10,13H,2-3,6-9,11-12H2,1H3. The SMILES string of the molecule is CN(Cc1cccs1)C(=O)CSc1nnc(N2CCCC2)n1C1CC1. The molecule has 134 valence electrons. The van der Waals surface area contributed by atoms with Crippen LogP contribution in [-0.4, -0.2) is 51.5 Å². The summed E-state index contributed by atoms with van der Waals surface area (Å²) in [7, 11) is 1.86. The van der Waals surface area contributed by atoms with Crippen molar-refractivity contribution in [2.75, 3.05) is 30.8 Å². The number of anilines is 1. The van der Waals surface area contributed by atoms with Gasteiger partial charge in [0.15, 0.2) is 5.16 Å². The number of hydrogen-bond donors (Lipinski definition) is 0. The maximum absolute atomic E-state index is 12.4. The van der Waals surface area contributed by atoms with Gasteiger partial charge in [-0.1, -0.05) is 17.8 Å². The van der Waals surface area contributed by atoms with Crippen molar-refractivity contribution < 1.29 is 4.79 Å². The van der Waals surface area contributed by atoms with E-state index in [0.29, 0.717) is 18.3 Å². The van der Waals surface area contributed by atoms with Gasteiger partial charge in [-0.2, -0.15) is 0 Å². The number of nitrogens with zero attached hydrogens (tertiary/aromatic N) is 5. The molecule has 3 heterocycles. The zero-order valence-electron chi connectivity index (χ0n) is 14.4. The van der Waals surface area contributed by atoms with Crippen molar-refractivity contribution in [1.82, 2.24) is 19.7 Å². The van der Waals surface area contributed by atoms with Gasteiger partial charge in [0.25, 0.3) is 0 Å². The first-order chi connectivity index (χ1) is 12.2. The van der Waals surface area contributed by atoms with Crippen LogP contribution in [0, 0.1) is 0 Å². The molecule has 2 aliphatic rings. The van der Waals surface area contributed by atoms with E-state index in [1.54, 1.807) is 16.2 Å². The Bertz CT molecular complexity index is 719. The van der Waals surface area contributed by atoms with Crippen molar-refractivity contribution >= 4 is 35.0 Å². The third-order valence-corrected chi connectivity index (χ3v) is 6.46. The molecule has 8 heteroatoms. The summed E-state index contributed by atoms with van der Waals surface area (Å²) in [5, 5.41) is 11.8. The van der Waals surface area contributed by atoms with Gasteiger partial charge in [-0.15, -0.1) is 21.5 Å². The average Bonchev–Trinajstić information content (AvgIpc) is 3.04. The zero-order chi connectivity index (χ0) is 17.2. The fourth-order valence-corrected chi connectivity index (χ4v) is 4.81. The van der Waals surface area contributed by atoms with E-state index in [1.807, 2.05) is 18.5 Å². The Morgan fingerprint density at radius 2 is 2.16 bits per heavy atom. The molecule has 25 heavy (non-hydrogen) atoms. The van der Waals surface area contributed by atoms with Crippen LogP contribution in [0.5, 0.6) is 0 Å². The molecule has 0 bridgehead atoms. The Morgan fingerprint density at radius 3 is 2.84 bits per heavy atom. The van der Waals surface area contributed by atoms with Gasteiger partial charge >= 0.3 is 0 Å². The third kappa shape index (κ3) is 3.84. The number of amides is 1. The number of hydrogen-bond acceptors (Lipinski definition) is 6. The van der Waals surface area contributed by atoms with Crippen LogP contribution < -0.4 is 4.90 Å². The molecule has 4 rings (SSSR count). The minimum Gasteiger partial charge on any atom is -0.341 e. The minimum atomic E-state index is 0.131. The van der Waals surface area contributed by atoms with Crippen molar-refractivity contribution in [2.45, 2.75) is 43.4 Å². The van der Waals surface area contributed by atoms with E-state index in [-0.39, 0.29) is 5.91 Å². The number of carbonyl (C=O) groups is 1. The number of rotatable bonds is 7. The van der Waals surface area contributed by atoms with E-state index in [0.717, 1.165) is 24.2 Å². The summed E-state index contributed by atoms with van der Waals surface area (Å²) < 4.78 is 2.27. The number of aromatic nitrogens is 3. The van der Waals surface area contributed by atoms with Crippen LogP contribution in [0.15, 0.2) is 22.7 Å². The van der Waals surface area contributed by atoms with Gasteiger partial charge in [0, 0.05) is 31.1 Å². The van der Waals surface area contributed by atoms with Gasteiger partial charge in [0.1, 0.15) is 0 Å². The van der Waals surface area contributed by atoms with E-state index in [4.69, 9.17) is 0 Å². The van der Waals surface area contributed by atoms with Crippen molar-refractivity contribution in [3.63, 3.8) is 0 Å². The highest BCUT2D eigenvalue weighted by atomic mass is 32.2. The third-order valence-electron chi connectivity index (χ3n) is 4.67. The zero-order valence-corrected chi connectivity index (χ0v) is 16.1. The van der Waals surface area contributed by atoms with Gasteiger partial charge in [-0.05, 0) is 37.1 Å². The summed E-state index contributed by atoms with van der Waals surface area (Å²) in [6.45, 7) is 2.81. The lowest BCUT2D eigenvalue weighted by molar-refractivity contribution is -0.127. The van der Waals surface area contributed by atoms with E-state index >= 15 is 0 Å². The van der Waals surface area contributed by atoms with Gasteiger partial charge in [-0.25, -0.2) is 0 Å². The molecule has 1 saturated heterocycles. The van der Waals surface area contributed by atoms with Gasteiger partial charge in [-0.3, -0.25) is 9.36 Å². The minimum absolute atomic E-state index is 0.131. The summed E-state index contributed by atoms with van der Waals surface area (Å²) in [5.74, 6) is 1.54. The quantitative estimate of drug-likeness (QED) is 0.694. The smallest absolute Gasteiger partial charge is 0.233 e. The van der Waals surface area contributed by atoms with Crippen LogP contribution >= 0.6 is 23.1 Å². The molecule has 1 aliphatic carbocycles. The second kappa shape index (κ2) is 7.37. The van der Waals surface area contributed by atoms with Crippen LogP contribution in [0.3, 0.4) is 0 Å². The largest absolute Gasteiger partial charge is 0.341 e. The number of thiophene rings is 1. The second-order valence-corrected chi connectivity index (χ2v) is 8.67. The van der Waals surface area contributed by atoms with Crippen molar-refractivity contribution in [1.29, 1.82) is 0 Å². The molecule has 1 saturated carbocycles. The molecule has 1 amide bonds. The predicted molar refractivity (Wildman–Crippen MR) is 101 cm³/mol. The fourth-order valence-electron chi connectivity index (χ4n) is 3.11. The van der Waals surface area contributed by atoms with Gasteiger partial charge in [0.2, 0.25) is 11.9 Å². The first-order valence-corrected chi connectivity index (χ1v) is 10.7. The molecule has 2 fully saturated rings. The van der Waals surface area contributed by atoms with Crippen LogP contribution in [0.1, 0.15) is 36.6 Å². The average molecular weight is 378 g/mol. The van der Waals surface area contributed by atoms with Crippen molar-refractivity contribution in [2.24, 2.45) is 0 Å². The molecule has 1 aliphatic heterocycles. The number of carbonyl (C=O) groups excluding carboxylic acids is 1. The summed E-state index contributed by atoms with van der Waals surface area (Å²) in [6, 6.07) is 4.60. The highest BCUT2D eigenvalue weighted by Crippen LogP contribution is 2.41. The van der Waals surface area contributed by atoms with Gasteiger partial charge < -0.3 is 9.80 Å². The van der Waals surface area contributed by atoms with E-state index in [9.17, 15) is 4.79 Å². The lowest BCUT2D eigenvalue weighted by Gasteiger charge is -2.18. The monoisotopic (exact) mass is 377 g/mol. The number of thioether (sulfide) groups is 1. The Labute approximate surface area is 156 Å². The molecule has 6 nitrogen and oxygen atoms in total. The lowest BCUT2D eigenvalue weighted by Crippen LogP contribution is -2.27. The summed E-state index contributed by atoms with van der Waals surface area (Å²) in [5.41, 5.74) is 0. The second-order valence-electron chi connectivity index (χ2n) is 6.70. The lowest BCUT2D eigenvalue weighted by atomic mass is 10.4. The van der Waals surface area contributed by atoms with Crippen molar-refractivity contribution in [3.8, 4) is 0 Å². The molecule has 0 unspecified atom stereocenters. The molecule has 0 N–H and O–H groups in total. The Morgan fingerprint density at radius 1 is 1.36 bits per heavy atom. The molecule has 2 aromatic rings. The molecule has 2 aromatic heterocycles. The summed E-state index contributed by atoms with van der Waals surface area (Å²) in [6.07, 6.45) is 4.84. The maximum atomic E-state index is 12.4. The van der Waals surface area contributed by atoms with Crippen LogP contribution in [0.2, 0.25) is 0 Å². The van der Waals surface area contributed by atoms with E-state index < -0.39 is 0 Å². The Kier molecular flexibility index (Phi) is 4.98. The summed E-state index contributed by atoms with van der Waals surface area (Å²) in [4.78, 5) is 17.8. The van der Waals surface area contributed by atoms with E-state index in [2.05, 4.69) is 25.7 Å². The normalized spacial score (nSPS) is 17.2. The molecular weight excluding hydrogens is 354 g/mol. The first-order valence-electron chi connectivity index (χ1n) is 8.81. The highest BCUT2D eigenvalue weighted by molar-refractivity contribution is 7.99. The molecule has 0 radical (unpaired) electrons. The van der Waals surface area contributed by atoms with E-state index in [1.165, 1.54) is 42.3 Å². The van der Waals surface area contributed by atoms with Crippen LogP contribution in [0.25, 0.3) is 0 Å².